The van der Waals surface area contributed by atoms with Crippen molar-refractivity contribution in [2.75, 3.05) is 6.26 Å². The number of ether oxygens (including phenoxy) is 1. The van der Waals surface area contributed by atoms with Crippen molar-refractivity contribution in [3.05, 3.63) is 35.9 Å². The molecule has 2 rings (SSSR count). The van der Waals surface area contributed by atoms with Crippen LogP contribution in [0, 0.1) is 0 Å². The highest BCUT2D eigenvalue weighted by atomic mass is 32.2. The molecule has 1 aromatic carbocycles. The lowest BCUT2D eigenvalue weighted by Crippen LogP contribution is -2.53. The van der Waals surface area contributed by atoms with E-state index in [0.717, 1.165) is 24.8 Å². The average molecular weight is 310 g/mol. The number of hydrogen-bond acceptors (Lipinski definition) is 4. The molecule has 2 N–H and O–H groups in total. The Kier molecular flexibility index (Phi) is 5.50. The Bertz CT molecular complexity index is 463. The number of amides is 1. The van der Waals surface area contributed by atoms with Crippen molar-refractivity contribution in [3.63, 3.8) is 0 Å². The third-order valence-corrected chi connectivity index (χ3v) is 4.35. The van der Waals surface area contributed by atoms with E-state index in [1.54, 1.807) is 6.26 Å². The molecular weight excluding hydrogens is 288 g/mol. The Morgan fingerprint density at radius 2 is 2.10 bits per heavy atom. The molecule has 0 aliphatic heterocycles. The van der Waals surface area contributed by atoms with Crippen LogP contribution in [0.5, 0.6) is 0 Å². The molecule has 1 fully saturated rings. The summed E-state index contributed by atoms with van der Waals surface area (Å²) in [6.45, 7) is 2.27. The lowest BCUT2D eigenvalue weighted by molar-refractivity contribution is 0.131. The van der Waals surface area contributed by atoms with Crippen LogP contribution in [0.2, 0.25) is 0 Å². The highest BCUT2D eigenvalue weighted by Gasteiger charge is 2.51. The second kappa shape index (κ2) is 7.15. The van der Waals surface area contributed by atoms with Crippen LogP contribution in [0.4, 0.5) is 4.79 Å². The average Bonchev–Trinajstić information content (AvgIpc) is 3.24. The highest BCUT2D eigenvalue weighted by Crippen LogP contribution is 2.40. The van der Waals surface area contributed by atoms with E-state index in [4.69, 9.17) is 4.74 Å². The van der Waals surface area contributed by atoms with Crippen LogP contribution in [0.1, 0.15) is 31.7 Å². The number of alkyl carbamates (subject to hydrolysis) is 1. The molecule has 1 aromatic rings. The van der Waals surface area contributed by atoms with Crippen LogP contribution >= 0.6 is 0 Å². The van der Waals surface area contributed by atoms with Gasteiger partial charge in [-0.05, 0) is 24.8 Å². The standard InChI is InChI=1S/C15H22N2O3S/c1-3-13(17-21(2)19)15(9-10-15)16-14(18)20-11-12-7-5-4-6-8-12/h4-8,13,17H,3,9-11H2,1-2H3,(H,16,18)/t13-,21?/m0/s1. The van der Waals surface area contributed by atoms with E-state index in [9.17, 15) is 9.35 Å². The lowest BCUT2D eigenvalue weighted by Gasteiger charge is -2.26. The molecule has 0 aromatic heterocycles. The summed E-state index contributed by atoms with van der Waals surface area (Å²) in [4.78, 5) is 11.9. The molecule has 1 amide bonds. The molecule has 116 valence electrons. The highest BCUT2D eigenvalue weighted by molar-refractivity contribution is 7.88. The first-order valence-electron chi connectivity index (χ1n) is 7.14. The monoisotopic (exact) mass is 310 g/mol. The first-order chi connectivity index (χ1) is 10.1. The van der Waals surface area contributed by atoms with Crippen LogP contribution in [-0.2, 0) is 22.7 Å². The summed E-state index contributed by atoms with van der Waals surface area (Å²) in [6, 6.07) is 9.57. The molecule has 0 bridgehead atoms. The topological polar surface area (TPSA) is 73.4 Å². The predicted molar refractivity (Wildman–Crippen MR) is 83.0 cm³/mol. The fraction of sp³-hybridized carbons (Fsp3) is 0.533. The summed E-state index contributed by atoms with van der Waals surface area (Å²) >= 11 is -1.09. The Morgan fingerprint density at radius 3 is 2.62 bits per heavy atom. The largest absolute Gasteiger partial charge is 0.598 e. The normalized spacial score (nSPS) is 18.6. The van der Waals surface area contributed by atoms with E-state index >= 15 is 0 Å². The number of nitrogens with one attached hydrogen (secondary N) is 2. The minimum Gasteiger partial charge on any atom is -0.598 e. The van der Waals surface area contributed by atoms with Gasteiger partial charge in [0.05, 0.1) is 11.6 Å². The fourth-order valence-electron chi connectivity index (χ4n) is 2.44. The number of hydrogen-bond donors (Lipinski definition) is 2. The molecule has 6 heteroatoms. The van der Waals surface area contributed by atoms with Gasteiger partial charge >= 0.3 is 6.09 Å². The fourth-order valence-corrected chi connectivity index (χ4v) is 3.24. The van der Waals surface area contributed by atoms with Crippen molar-refractivity contribution in [3.8, 4) is 0 Å². The maximum atomic E-state index is 11.9. The zero-order chi connectivity index (χ0) is 15.3. The van der Waals surface area contributed by atoms with E-state index in [-0.39, 0.29) is 18.2 Å². The van der Waals surface area contributed by atoms with E-state index in [2.05, 4.69) is 10.0 Å². The van der Waals surface area contributed by atoms with Gasteiger partial charge < -0.3 is 14.6 Å². The lowest BCUT2D eigenvalue weighted by atomic mass is 10.1. The quantitative estimate of drug-likeness (QED) is 0.757. The third-order valence-electron chi connectivity index (χ3n) is 3.74. The molecular formula is C15H22N2O3S. The van der Waals surface area contributed by atoms with E-state index in [0.29, 0.717) is 0 Å². The van der Waals surface area contributed by atoms with Gasteiger partial charge in [0.1, 0.15) is 12.9 Å². The van der Waals surface area contributed by atoms with Gasteiger partial charge in [0.2, 0.25) is 0 Å². The molecule has 1 unspecified atom stereocenters. The van der Waals surface area contributed by atoms with Gasteiger partial charge in [-0.15, -0.1) is 4.72 Å². The summed E-state index contributed by atoms with van der Waals surface area (Å²) in [7, 11) is 0. The Labute approximate surface area is 128 Å². The van der Waals surface area contributed by atoms with E-state index in [1.807, 2.05) is 37.3 Å². The molecule has 0 spiro atoms. The van der Waals surface area contributed by atoms with Crippen molar-refractivity contribution in [2.45, 2.75) is 44.4 Å². The van der Waals surface area contributed by atoms with Crippen LogP contribution in [0.25, 0.3) is 0 Å². The molecule has 1 aliphatic rings. The number of benzene rings is 1. The summed E-state index contributed by atoms with van der Waals surface area (Å²) in [5, 5.41) is 2.94. The minimum atomic E-state index is -1.09. The van der Waals surface area contributed by atoms with Gasteiger partial charge in [-0.25, -0.2) is 4.79 Å². The molecule has 1 saturated carbocycles. The Morgan fingerprint density at radius 1 is 1.43 bits per heavy atom. The smallest absolute Gasteiger partial charge is 0.407 e. The minimum absolute atomic E-state index is 0.00705. The predicted octanol–water partition coefficient (Wildman–Crippen LogP) is 2.11. The third kappa shape index (κ3) is 4.62. The van der Waals surface area contributed by atoms with Crippen molar-refractivity contribution >= 4 is 17.5 Å². The van der Waals surface area contributed by atoms with Gasteiger partial charge in [0.25, 0.3) is 0 Å². The van der Waals surface area contributed by atoms with Gasteiger partial charge in [0, 0.05) is 11.4 Å². The molecule has 2 atom stereocenters. The second-order valence-corrected chi connectivity index (χ2v) is 6.52. The number of carbonyl (C=O) groups excluding carboxylic acids is 1. The number of rotatable bonds is 7. The van der Waals surface area contributed by atoms with Crippen molar-refractivity contribution in [1.82, 2.24) is 10.0 Å². The second-order valence-electron chi connectivity index (χ2n) is 5.38. The van der Waals surface area contributed by atoms with Gasteiger partial charge in [-0.1, -0.05) is 37.3 Å². The first kappa shape index (κ1) is 16.1. The summed E-state index contributed by atoms with van der Waals surface area (Å²) in [6.07, 6.45) is 3.76. The molecule has 5 nitrogen and oxygen atoms in total. The van der Waals surface area contributed by atoms with Crippen LogP contribution in [0.3, 0.4) is 0 Å². The molecule has 1 aliphatic carbocycles. The zero-order valence-corrected chi connectivity index (χ0v) is 13.2. The van der Waals surface area contributed by atoms with Crippen LogP contribution < -0.4 is 10.0 Å². The van der Waals surface area contributed by atoms with Crippen molar-refractivity contribution in [2.24, 2.45) is 0 Å². The van der Waals surface area contributed by atoms with Crippen molar-refractivity contribution in [1.29, 1.82) is 0 Å². The van der Waals surface area contributed by atoms with Crippen LogP contribution in [-0.4, -0.2) is 28.5 Å². The van der Waals surface area contributed by atoms with Crippen LogP contribution in [0.15, 0.2) is 30.3 Å². The molecule has 21 heavy (non-hydrogen) atoms. The van der Waals surface area contributed by atoms with Crippen molar-refractivity contribution < 1.29 is 14.1 Å². The Balaban J connectivity index is 1.84. The first-order valence-corrected chi connectivity index (χ1v) is 8.70. The van der Waals surface area contributed by atoms with E-state index in [1.165, 1.54) is 0 Å². The summed E-state index contributed by atoms with van der Waals surface area (Å²) < 4.78 is 19.6. The zero-order valence-electron chi connectivity index (χ0n) is 12.4. The number of carbonyl (C=O) groups is 1. The summed E-state index contributed by atoms with van der Waals surface area (Å²) in [5.41, 5.74) is 0.645. The van der Waals surface area contributed by atoms with E-state index < -0.39 is 17.5 Å². The maximum Gasteiger partial charge on any atom is 0.407 e. The molecule has 0 saturated heterocycles. The van der Waals surface area contributed by atoms with Gasteiger partial charge in [0.15, 0.2) is 0 Å². The summed E-state index contributed by atoms with van der Waals surface area (Å²) in [5.74, 6) is 0. The molecule has 0 heterocycles. The maximum absolute atomic E-state index is 11.9. The molecule has 0 radical (unpaired) electrons. The SMILES string of the molecule is CC[C@H](N[S+](C)[O-])C1(NC(=O)OCc2ccccc2)CC1. The van der Waals surface area contributed by atoms with Gasteiger partial charge in [-0.2, -0.15) is 0 Å². The van der Waals surface area contributed by atoms with Gasteiger partial charge in [-0.3, -0.25) is 0 Å². The Hall–Kier alpha value is -1.24.